The van der Waals surface area contributed by atoms with Crippen molar-refractivity contribution in [3.8, 4) is 0 Å². The number of rotatable bonds is 4. The number of likely N-dealkylation sites (tertiary alicyclic amines) is 1. The van der Waals surface area contributed by atoms with Gasteiger partial charge in [-0.3, -0.25) is 14.6 Å². The molecule has 2 aliphatic rings. The van der Waals surface area contributed by atoms with Gasteiger partial charge in [0.25, 0.3) is 0 Å². The summed E-state index contributed by atoms with van der Waals surface area (Å²) in [6.45, 7) is 5.06. The van der Waals surface area contributed by atoms with Gasteiger partial charge in [-0.05, 0) is 19.8 Å². The molecular formula is C15H26F3N3O2. The van der Waals surface area contributed by atoms with E-state index in [1.54, 1.807) is 0 Å². The molecular weight excluding hydrogens is 311 g/mol. The molecule has 0 aliphatic carbocycles. The fraction of sp³-hybridized carbons (Fsp3) is 0.933. The van der Waals surface area contributed by atoms with Crippen molar-refractivity contribution in [1.82, 2.24) is 14.7 Å². The Morgan fingerprint density at radius 1 is 1.26 bits per heavy atom. The second-order valence-electron chi connectivity index (χ2n) is 6.55. The van der Waals surface area contributed by atoms with Crippen molar-refractivity contribution in [2.24, 2.45) is 0 Å². The summed E-state index contributed by atoms with van der Waals surface area (Å²) < 4.78 is 42.5. The minimum Gasteiger partial charge on any atom is -0.376 e. The Hall–Kier alpha value is -0.860. The summed E-state index contributed by atoms with van der Waals surface area (Å²) in [4.78, 5) is 17.0. The Bertz CT molecular complexity index is 398. The van der Waals surface area contributed by atoms with Crippen molar-refractivity contribution in [3.05, 3.63) is 0 Å². The molecule has 23 heavy (non-hydrogen) atoms. The first kappa shape index (κ1) is 18.5. The van der Waals surface area contributed by atoms with Crippen LogP contribution >= 0.6 is 0 Å². The van der Waals surface area contributed by atoms with Crippen LogP contribution in [0.3, 0.4) is 0 Å². The van der Waals surface area contributed by atoms with Crippen LogP contribution in [-0.2, 0) is 9.53 Å². The zero-order valence-corrected chi connectivity index (χ0v) is 13.8. The Morgan fingerprint density at radius 3 is 2.48 bits per heavy atom. The molecule has 0 unspecified atom stereocenters. The van der Waals surface area contributed by atoms with Gasteiger partial charge in [0.2, 0.25) is 5.91 Å². The molecule has 0 spiro atoms. The maximum Gasteiger partial charge on any atom is 0.406 e. The lowest BCUT2D eigenvalue weighted by atomic mass is 10.0. The van der Waals surface area contributed by atoms with E-state index in [1.165, 1.54) is 7.05 Å². The van der Waals surface area contributed by atoms with Crippen LogP contribution in [0.2, 0.25) is 0 Å². The molecule has 1 amide bonds. The van der Waals surface area contributed by atoms with Crippen LogP contribution in [0.1, 0.15) is 19.8 Å². The van der Waals surface area contributed by atoms with E-state index in [2.05, 4.69) is 11.8 Å². The Kier molecular flexibility index (Phi) is 6.27. The molecule has 0 N–H and O–H groups in total. The summed E-state index contributed by atoms with van der Waals surface area (Å²) >= 11 is 0. The van der Waals surface area contributed by atoms with Gasteiger partial charge < -0.3 is 9.64 Å². The van der Waals surface area contributed by atoms with E-state index < -0.39 is 18.6 Å². The van der Waals surface area contributed by atoms with Crippen LogP contribution in [0.25, 0.3) is 0 Å². The number of alkyl halides is 3. The van der Waals surface area contributed by atoms with Crippen molar-refractivity contribution in [1.29, 1.82) is 0 Å². The van der Waals surface area contributed by atoms with Gasteiger partial charge in [-0.1, -0.05) is 0 Å². The minimum atomic E-state index is -4.34. The molecule has 0 aromatic heterocycles. The summed E-state index contributed by atoms with van der Waals surface area (Å²) in [5.41, 5.74) is 0. The summed E-state index contributed by atoms with van der Waals surface area (Å²) in [5, 5.41) is 0. The maximum atomic E-state index is 12.3. The van der Waals surface area contributed by atoms with E-state index >= 15 is 0 Å². The van der Waals surface area contributed by atoms with Crippen LogP contribution in [0.15, 0.2) is 0 Å². The van der Waals surface area contributed by atoms with Crippen molar-refractivity contribution < 1.29 is 22.7 Å². The molecule has 0 saturated carbocycles. The first-order valence-corrected chi connectivity index (χ1v) is 8.13. The number of likely N-dealkylation sites (N-methyl/N-ethyl adjacent to an activating group) is 1. The highest BCUT2D eigenvalue weighted by Crippen LogP contribution is 2.20. The fourth-order valence-corrected chi connectivity index (χ4v) is 3.29. The summed E-state index contributed by atoms with van der Waals surface area (Å²) in [5.74, 6) is -0.472. The number of nitrogens with zero attached hydrogens (tertiary/aromatic N) is 3. The second kappa shape index (κ2) is 7.81. The summed E-state index contributed by atoms with van der Waals surface area (Å²) in [6, 6.07) is 0.487. The van der Waals surface area contributed by atoms with E-state index in [4.69, 9.17) is 4.74 Å². The van der Waals surface area contributed by atoms with Crippen LogP contribution in [0.4, 0.5) is 13.2 Å². The van der Waals surface area contributed by atoms with Crippen molar-refractivity contribution in [2.75, 3.05) is 52.9 Å². The van der Waals surface area contributed by atoms with Gasteiger partial charge in [0.05, 0.1) is 19.3 Å². The third-order valence-electron chi connectivity index (χ3n) is 4.55. The van der Waals surface area contributed by atoms with Gasteiger partial charge in [-0.15, -0.1) is 0 Å². The smallest absolute Gasteiger partial charge is 0.376 e. The number of hydrogen-bond donors (Lipinski definition) is 0. The highest BCUT2D eigenvalue weighted by molar-refractivity contribution is 5.78. The van der Waals surface area contributed by atoms with Gasteiger partial charge >= 0.3 is 6.18 Å². The van der Waals surface area contributed by atoms with Gasteiger partial charge in [0.15, 0.2) is 0 Å². The molecule has 2 aliphatic heterocycles. The second-order valence-corrected chi connectivity index (χ2v) is 6.55. The lowest BCUT2D eigenvalue weighted by Gasteiger charge is -2.41. The Labute approximate surface area is 135 Å². The van der Waals surface area contributed by atoms with Crippen molar-refractivity contribution >= 4 is 5.91 Å². The molecule has 5 nitrogen and oxygen atoms in total. The zero-order chi connectivity index (χ0) is 17.0. The average Bonchev–Trinajstić information content (AvgIpc) is 2.46. The molecule has 0 radical (unpaired) electrons. The quantitative estimate of drug-likeness (QED) is 0.772. The Morgan fingerprint density at radius 2 is 1.91 bits per heavy atom. The van der Waals surface area contributed by atoms with Crippen LogP contribution in [-0.4, -0.2) is 91.9 Å². The van der Waals surface area contributed by atoms with E-state index in [0.717, 1.165) is 50.5 Å². The molecule has 0 aromatic rings. The number of morpholine rings is 1. The van der Waals surface area contributed by atoms with Gasteiger partial charge in [-0.2, -0.15) is 13.2 Å². The molecule has 2 fully saturated rings. The number of carbonyl (C=O) groups is 1. The SMILES string of the molecule is C[C@@H]1CN(C2CCN(CC(=O)N(C)CC(F)(F)F)CC2)CCO1. The molecule has 2 rings (SSSR count). The predicted octanol–water partition coefficient (Wildman–Crippen LogP) is 1.19. The maximum absolute atomic E-state index is 12.3. The molecule has 2 saturated heterocycles. The van der Waals surface area contributed by atoms with Crippen LogP contribution < -0.4 is 0 Å². The molecule has 1 atom stereocenters. The standard InChI is InChI=1S/C15H26F3N3O2/c1-12-9-21(7-8-23-12)13-3-5-20(6-4-13)10-14(22)19(2)11-15(16,17)18/h12-13H,3-11H2,1-2H3/t12-/m1/s1. The van der Waals surface area contributed by atoms with E-state index in [0.29, 0.717) is 6.04 Å². The number of ether oxygens (including phenoxy) is 1. The molecule has 0 bridgehead atoms. The van der Waals surface area contributed by atoms with Crippen LogP contribution in [0, 0.1) is 0 Å². The zero-order valence-electron chi connectivity index (χ0n) is 13.8. The molecule has 0 aromatic carbocycles. The summed E-state index contributed by atoms with van der Waals surface area (Å²) in [6.07, 6.45) is -2.20. The van der Waals surface area contributed by atoms with Gasteiger partial charge in [-0.25, -0.2) is 0 Å². The van der Waals surface area contributed by atoms with E-state index in [-0.39, 0.29) is 12.6 Å². The Balaban J connectivity index is 1.73. The number of carbonyl (C=O) groups excluding carboxylic acids is 1. The normalized spacial score (nSPS) is 25.5. The van der Waals surface area contributed by atoms with Gasteiger partial charge in [0.1, 0.15) is 6.54 Å². The fourth-order valence-electron chi connectivity index (χ4n) is 3.29. The third kappa shape index (κ3) is 5.93. The lowest BCUT2D eigenvalue weighted by Crippen LogP contribution is -2.52. The first-order chi connectivity index (χ1) is 10.7. The lowest BCUT2D eigenvalue weighted by molar-refractivity contribution is -0.159. The number of hydrogen-bond acceptors (Lipinski definition) is 4. The van der Waals surface area contributed by atoms with Crippen molar-refractivity contribution in [3.63, 3.8) is 0 Å². The predicted molar refractivity (Wildman–Crippen MR) is 80.1 cm³/mol. The highest BCUT2D eigenvalue weighted by Gasteiger charge is 2.32. The average molecular weight is 337 g/mol. The largest absolute Gasteiger partial charge is 0.406 e. The summed E-state index contributed by atoms with van der Waals surface area (Å²) in [7, 11) is 1.21. The highest BCUT2D eigenvalue weighted by atomic mass is 19.4. The topological polar surface area (TPSA) is 36.0 Å². The number of halogens is 3. The molecule has 134 valence electrons. The first-order valence-electron chi connectivity index (χ1n) is 8.13. The minimum absolute atomic E-state index is 0.0683. The van der Waals surface area contributed by atoms with E-state index in [9.17, 15) is 18.0 Å². The van der Waals surface area contributed by atoms with Crippen LogP contribution in [0.5, 0.6) is 0 Å². The molecule has 2 heterocycles. The molecule has 8 heteroatoms. The van der Waals surface area contributed by atoms with Gasteiger partial charge in [0, 0.05) is 39.3 Å². The third-order valence-corrected chi connectivity index (χ3v) is 4.55. The number of amides is 1. The number of piperidine rings is 1. The monoisotopic (exact) mass is 337 g/mol. The van der Waals surface area contributed by atoms with E-state index in [1.807, 2.05) is 4.90 Å². The van der Waals surface area contributed by atoms with Crippen molar-refractivity contribution in [2.45, 2.75) is 38.1 Å².